The fourth-order valence-corrected chi connectivity index (χ4v) is 1.80. The molecule has 16 heavy (non-hydrogen) atoms. The van der Waals surface area contributed by atoms with Crippen molar-refractivity contribution in [3.63, 3.8) is 0 Å². The van der Waals surface area contributed by atoms with E-state index in [2.05, 4.69) is 5.32 Å². The third-order valence-corrected chi connectivity index (χ3v) is 2.63. The maximum absolute atomic E-state index is 9.65. The molecule has 2 N–H and O–H groups in total. The summed E-state index contributed by atoms with van der Waals surface area (Å²) in [5.74, 6) is 0.735. The minimum atomic E-state index is -0.837. The second-order valence-corrected chi connectivity index (χ2v) is 3.80. The van der Waals surface area contributed by atoms with Gasteiger partial charge in [-0.05, 0) is 31.6 Å². The Morgan fingerprint density at radius 1 is 1.56 bits per heavy atom. The van der Waals surface area contributed by atoms with E-state index < -0.39 is 7.12 Å². The van der Waals surface area contributed by atoms with Crippen LogP contribution in [-0.2, 0) is 11.3 Å². The zero-order valence-electron chi connectivity index (χ0n) is 9.40. The molecule has 4 nitrogen and oxygen atoms in total. The maximum atomic E-state index is 9.65. The molecule has 1 heterocycles. The largest absolute Gasteiger partial charge is 0.495 e. The average molecular weight is 221 g/mol. The Morgan fingerprint density at radius 3 is 3.25 bits per heavy atom. The molecule has 0 saturated carbocycles. The van der Waals surface area contributed by atoms with E-state index in [0.717, 1.165) is 29.7 Å². The van der Waals surface area contributed by atoms with Gasteiger partial charge in [0.2, 0.25) is 0 Å². The van der Waals surface area contributed by atoms with Gasteiger partial charge in [-0.2, -0.15) is 0 Å². The molecule has 1 aliphatic rings. The van der Waals surface area contributed by atoms with Gasteiger partial charge in [0.15, 0.2) is 0 Å². The number of rotatable bonds is 5. The highest BCUT2D eigenvalue weighted by atomic mass is 16.5. The Hall–Kier alpha value is -1.04. The SMILES string of the molecule is CNCCCOc1cccc2c1B(O)OC2. The van der Waals surface area contributed by atoms with Gasteiger partial charge in [0.05, 0.1) is 13.2 Å². The second-order valence-electron chi connectivity index (χ2n) is 3.80. The average Bonchev–Trinajstić information content (AvgIpc) is 2.68. The minimum absolute atomic E-state index is 0.463. The van der Waals surface area contributed by atoms with Crippen molar-refractivity contribution in [1.82, 2.24) is 5.32 Å². The molecule has 1 aromatic rings. The van der Waals surface area contributed by atoms with Crippen LogP contribution in [0.1, 0.15) is 12.0 Å². The van der Waals surface area contributed by atoms with E-state index in [9.17, 15) is 5.02 Å². The number of fused-ring (bicyclic) bond motifs is 1. The molecule has 0 bridgehead atoms. The van der Waals surface area contributed by atoms with Crippen LogP contribution in [0.4, 0.5) is 0 Å². The van der Waals surface area contributed by atoms with Crippen LogP contribution >= 0.6 is 0 Å². The van der Waals surface area contributed by atoms with Gasteiger partial charge in [-0.3, -0.25) is 0 Å². The van der Waals surface area contributed by atoms with Crippen molar-refractivity contribution in [2.45, 2.75) is 13.0 Å². The van der Waals surface area contributed by atoms with E-state index >= 15 is 0 Å². The van der Waals surface area contributed by atoms with Gasteiger partial charge in [0, 0.05) is 5.46 Å². The summed E-state index contributed by atoms with van der Waals surface area (Å²) >= 11 is 0. The van der Waals surface area contributed by atoms with E-state index in [-0.39, 0.29) is 0 Å². The van der Waals surface area contributed by atoms with Crippen molar-refractivity contribution >= 4 is 12.6 Å². The van der Waals surface area contributed by atoms with Gasteiger partial charge in [-0.25, -0.2) is 0 Å². The quantitative estimate of drug-likeness (QED) is 0.538. The van der Waals surface area contributed by atoms with Gasteiger partial charge in [-0.15, -0.1) is 0 Å². The van der Waals surface area contributed by atoms with Crippen LogP contribution in [-0.4, -0.2) is 32.3 Å². The minimum Gasteiger partial charge on any atom is -0.494 e. The van der Waals surface area contributed by atoms with Crippen LogP contribution in [0.15, 0.2) is 18.2 Å². The Balaban J connectivity index is 2.02. The summed E-state index contributed by atoms with van der Waals surface area (Å²) in [5, 5.41) is 12.7. The molecule has 0 aromatic heterocycles. The first kappa shape index (κ1) is 11.5. The summed E-state index contributed by atoms with van der Waals surface area (Å²) < 4.78 is 10.8. The third kappa shape index (κ3) is 2.37. The van der Waals surface area contributed by atoms with Gasteiger partial charge >= 0.3 is 7.12 Å². The van der Waals surface area contributed by atoms with E-state index in [1.54, 1.807) is 0 Å². The first-order chi connectivity index (χ1) is 7.83. The van der Waals surface area contributed by atoms with Gasteiger partial charge < -0.3 is 19.7 Å². The first-order valence-corrected chi connectivity index (χ1v) is 5.52. The zero-order valence-corrected chi connectivity index (χ0v) is 9.40. The lowest BCUT2D eigenvalue weighted by molar-refractivity contribution is 0.274. The lowest BCUT2D eigenvalue weighted by atomic mass is 9.79. The summed E-state index contributed by atoms with van der Waals surface area (Å²) in [6.45, 7) is 2.03. The van der Waals surface area contributed by atoms with Gasteiger partial charge in [0.25, 0.3) is 0 Å². The molecule has 2 rings (SSSR count). The number of ether oxygens (including phenoxy) is 1. The van der Waals surface area contributed by atoms with Crippen LogP contribution in [0.5, 0.6) is 5.75 Å². The van der Waals surface area contributed by atoms with Crippen LogP contribution in [0.25, 0.3) is 0 Å². The highest BCUT2D eigenvalue weighted by Gasteiger charge is 2.30. The zero-order chi connectivity index (χ0) is 11.4. The van der Waals surface area contributed by atoms with E-state index in [1.807, 2.05) is 25.2 Å². The number of nitrogens with one attached hydrogen (secondary N) is 1. The summed E-state index contributed by atoms with van der Waals surface area (Å²) in [6, 6.07) is 5.75. The molecule has 86 valence electrons. The van der Waals surface area contributed by atoms with Crippen LogP contribution < -0.4 is 15.5 Å². The Bertz CT molecular complexity index is 359. The van der Waals surface area contributed by atoms with Crippen molar-refractivity contribution in [3.05, 3.63) is 23.8 Å². The summed E-state index contributed by atoms with van der Waals surface area (Å²) in [6.07, 6.45) is 0.942. The van der Waals surface area contributed by atoms with Crippen molar-refractivity contribution in [1.29, 1.82) is 0 Å². The van der Waals surface area contributed by atoms with Gasteiger partial charge in [0.1, 0.15) is 5.75 Å². The van der Waals surface area contributed by atoms with Crippen LogP contribution in [0.3, 0.4) is 0 Å². The van der Waals surface area contributed by atoms with Crippen LogP contribution in [0, 0.1) is 0 Å². The topological polar surface area (TPSA) is 50.7 Å². The molecule has 0 fully saturated rings. The van der Waals surface area contributed by atoms with E-state index in [4.69, 9.17) is 9.39 Å². The van der Waals surface area contributed by atoms with Crippen molar-refractivity contribution < 1.29 is 14.4 Å². The summed E-state index contributed by atoms with van der Waals surface area (Å²) in [4.78, 5) is 0. The van der Waals surface area contributed by atoms with Crippen molar-refractivity contribution in [2.24, 2.45) is 0 Å². The lowest BCUT2D eigenvalue weighted by Crippen LogP contribution is -2.30. The Kier molecular flexibility index (Phi) is 3.82. The molecular formula is C11H16BNO3. The number of benzene rings is 1. The molecule has 1 aliphatic heterocycles. The standard InChI is InChI=1S/C11H16BNO3/c1-13-6-3-7-15-10-5-2-4-9-8-16-12(14)11(9)10/h2,4-5,13-14H,3,6-8H2,1H3. The maximum Gasteiger partial charge on any atom is 0.495 e. The molecule has 0 aliphatic carbocycles. The Labute approximate surface area is 95.7 Å². The monoisotopic (exact) mass is 221 g/mol. The molecule has 5 heteroatoms. The molecule has 0 amide bonds. The fraction of sp³-hybridized carbons (Fsp3) is 0.455. The molecular weight excluding hydrogens is 205 g/mol. The fourth-order valence-electron chi connectivity index (χ4n) is 1.80. The molecule has 0 unspecified atom stereocenters. The molecule has 0 radical (unpaired) electrons. The Morgan fingerprint density at radius 2 is 2.44 bits per heavy atom. The van der Waals surface area contributed by atoms with E-state index in [1.165, 1.54) is 0 Å². The van der Waals surface area contributed by atoms with E-state index in [0.29, 0.717) is 13.2 Å². The van der Waals surface area contributed by atoms with Crippen molar-refractivity contribution in [3.8, 4) is 5.75 Å². The smallest absolute Gasteiger partial charge is 0.494 e. The molecule has 1 aromatic carbocycles. The summed E-state index contributed by atoms with van der Waals surface area (Å²) in [7, 11) is 1.08. The third-order valence-electron chi connectivity index (χ3n) is 2.63. The predicted molar refractivity (Wildman–Crippen MR) is 62.9 cm³/mol. The first-order valence-electron chi connectivity index (χ1n) is 5.52. The van der Waals surface area contributed by atoms with Crippen LogP contribution in [0.2, 0.25) is 0 Å². The highest BCUT2D eigenvalue weighted by Crippen LogP contribution is 2.18. The highest BCUT2D eigenvalue weighted by molar-refractivity contribution is 6.62. The number of hydrogen-bond donors (Lipinski definition) is 2. The normalized spacial score (nSPS) is 14.0. The molecule has 0 saturated heterocycles. The lowest BCUT2D eigenvalue weighted by Gasteiger charge is -2.10. The molecule has 0 spiro atoms. The van der Waals surface area contributed by atoms with Gasteiger partial charge in [-0.1, -0.05) is 12.1 Å². The molecule has 0 atom stereocenters. The summed E-state index contributed by atoms with van der Waals surface area (Å²) in [5.41, 5.74) is 1.80. The second kappa shape index (κ2) is 5.34. The number of hydrogen-bond acceptors (Lipinski definition) is 4. The predicted octanol–water partition coefficient (Wildman–Crippen LogP) is -0.107. The van der Waals surface area contributed by atoms with Crippen molar-refractivity contribution in [2.75, 3.05) is 20.2 Å².